The quantitative estimate of drug-likeness (QED) is 0.0462. The number of fused-ring (bicyclic) bond motifs is 7. The number of rotatable bonds is 45. The van der Waals surface area contributed by atoms with E-state index in [4.69, 9.17) is 18.9 Å². The Labute approximate surface area is 709 Å². The lowest BCUT2D eigenvalue weighted by molar-refractivity contribution is -0.275. The number of Topliss-reactive ketones (excluding diaryl/α,β-unsaturated/α-hetero) is 4. The van der Waals surface area contributed by atoms with E-state index in [0.717, 1.165) is 56.3 Å². The number of allylic oxidation sites excluding steroid dienone is 2. The molecule has 0 radical (unpaired) electrons. The third-order valence-corrected chi connectivity index (χ3v) is 40.1. The second kappa shape index (κ2) is 44.4. The normalized spacial score (nSPS) is 26.1. The Bertz CT molecular complexity index is 3010. The van der Waals surface area contributed by atoms with Crippen LogP contribution in [0, 0.1) is 91.7 Å². The fourth-order valence-electron chi connectivity index (χ4n) is 23.4. The maximum absolute atomic E-state index is 14.2. The zero-order valence-electron chi connectivity index (χ0n) is 81.9. The van der Waals surface area contributed by atoms with E-state index >= 15 is 0 Å². The van der Waals surface area contributed by atoms with Crippen molar-refractivity contribution in [1.29, 1.82) is 0 Å². The molecule has 5 aliphatic rings. The molecule has 0 bridgehead atoms. The maximum atomic E-state index is 14.2. The highest BCUT2D eigenvalue weighted by molar-refractivity contribution is 6.78. The first kappa shape index (κ1) is 104. The summed E-state index contributed by atoms with van der Waals surface area (Å²) in [5.74, 6) is 5.50. The third-order valence-electron chi connectivity index (χ3n) is 29.2. The number of carbonyl (C=O) groups is 4. The van der Waals surface area contributed by atoms with E-state index in [0.29, 0.717) is 74.3 Å². The van der Waals surface area contributed by atoms with E-state index in [1.165, 1.54) is 99.6 Å². The molecule has 1 aromatic carbocycles. The fourth-order valence-corrected chi connectivity index (χ4v) is 34.1. The number of nitrogens with zero attached hydrogens (tertiary/aromatic N) is 2. The van der Waals surface area contributed by atoms with Crippen LogP contribution < -0.4 is 0 Å². The Morgan fingerprint density at radius 2 is 0.930 bits per heavy atom. The monoisotopic (exact) mass is 1640 g/mol. The molecule has 13 heteroatoms. The first-order chi connectivity index (χ1) is 52.4. The van der Waals surface area contributed by atoms with Crippen molar-refractivity contribution in [1.82, 2.24) is 9.80 Å². The molecule has 4 unspecified atom stereocenters. The van der Waals surface area contributed by atoms with Crippen LogP contribution in [-0.2, 0) is 43.5 Å². The van der Waals surface area contributed by atoms with Crippen molar-refractivity contribution in [2.24, 2.45) is 91.7 Å². The number of hydrogen-bond donors (Lipinski definition) is 0. The molecule has 10 nitrogen and oxygen atoms in total. The summed E-state index contributed by atoms with van der Waals surface area (Å²) >= 11 is 0. The van der Waals surface area contributed by atoms with Gasteiger partial charge in [-0.3, -0.25) is 29.0 Å². The van der Waals surface area contributed by atoms with Gasteiger partial charge in [0.1, 0.15) is 23.1 Å². The van der Waals surface area contributed by atoms with E-state index in [9.17, 15) is 19.2 Å². The van der Waals surface area contributed by atoms with Gasteiger partial charge in [0.25, 0.3) is 0 Å². The van der Waals surface area contributed by atoms with Gasteiger partial charge in [0.2, 0.25) is 0 Å². The molecule has 0 aromatic heterocycles. The van der Waals surface area contributed by atoms with Crippen molar-refractivity contribution < 1.29 is 38.1 Å². The Balaban J connectivity index is 0.000000372. The summed E-state index contributed by atoms with van der Waals surface area (Å²) in [6, 6.07) is 19.0. The van der Waals surface area contributed by atoms with E-state index in [1.54, 1.807) is 11.1 Å². The summed E-state index contributed by atoms with van der Waals surface area (Å²) in [6.07, 6.45) is 22.0. The predicted molar refractivity (Wildman–Crippen MR) is 499 cm³/mol. The highest BCUT2D eigenvalue weighted by Gasteiger charge is 2.71. The number of carbonyl (C=O) groups excluding carboxylic acids is 4. The fraction of sp³-hybridized carbons (Fsp3) is 0.881. The van der Waals surface area contributed by atoms with E-state index < -0.39 is 24.2 Å². The minimum atomic E-state index is -1.14. The summed E-state index contributed by atoms with van der Waals surface area (Å²) in [5.41, 5.74) is 5.53. The molecule has 1 aromatic rings. The van der Waals surface area contributed by atoms with E-state index in [-0.39, 0.29) is 123 Å². The van der Waals surface area contributed by atoms with Crippen LogP contribution in [0.4, 0.5) is 0 Å². The van der Waals surface area contributed by atoms with Crippen LogP contribution in [-0.4, -0.2) is 146 Å². The minimum Gasteiger partial charge on any atom is -0.378 e. The summed E-state index contributed by atoms with van der Waals surface area (Å²) in [7, 11) is -3.41. The van der Waals surface area contributed by atoms with Gasteiger partial charge in [0, 0.05) is 78.4 Å². The van der Waals surface area contributed by atoms with Crippen molar-refractivity contribution in [3.63, 3.8) is 0 Å². The number of hydrogen-bond acceptors (Lipinski definition) is 10. The molecule has 0 spiro atoms. The van der Waals surface area contributed by atoms with Crippen molar-refractivity contribution in [2.45, 2.75) is 428 Å². The molecule has 6 rings (SSSR count). The third kappa shape index (κ3) is 29.7. The Morgan fingerprint density at radius 1 is 0.491 bits per heavy atom. The van der Waals surface area contributed by atoms with Gasteiger partial charge in [-0.25, -0.2) is 0 Å². The topological polar surface area (TPSA) is 112 Å². The van der Waals surface area contributed by atoms with Gasteiger partial charge in [0.05, 0.1) is 69.5 Å². The molecule has 0 saturated heterocycles. The van der Waals surface area contributed by atoms with Gasteiger partial charge in [0.15, 0.2) is 0 Å². The van der Waals surface area contributed by atoms with Crippen LogP contribution in [0.3, 0.4) is 0 Å². The molecule has 114 heavy (non-hydrogen) atoms. The molecular weight excluding hydrogens is 1450 g/mol. The first-order valence-corrected chi connectivity index (χ1v) is 57.5. The molecule has 0 N–H and O–H groups in total. The molecule has 5 aliphatic carbocycles. The molecule has 662 valence electrons. The average molecular weight is 1640 g/mol. The van der Waals surface area contributed by atoms with Crippen molar-refractivity contribution in [2.75, 3.05) is 52.5 Å². The standard InChI is InChI=1S/C42H72O4.C37H74Si3.C22H42N2O4/c1-26(2)35(43)42-21-19-37(9,10)23-31(42)30-15-16-34-38(11)24-32(45-28(5)6)36(46-29(7)8)39(12,25-44-27(3)4)33(38)17-18-41(34,14)40(30,13)20-22-42;1-31(2)28-38(9,10)25-15-22-37(23-16-26-39(11,12)29-32(3)4,24-17-27-40(13,14)30-33(5)6)36-20-18-35(19-21-36)34(7)8;1-16(2)20(25)13-23(11-12-28-19(7)8)9-10-24(14-21(26)17(3)4)15-22(27)18(5)6/h15,26-29,31-34,36H,16-25H2,1-14H3;18-21,31-34H,15-17,22-30H2,1-14H3;16-19H,9-15H2,1-8H3/t31-,32?,33?,34-,36?,38+,39?,40-,41-,42+;;/m1../s1. The van der Waals surface area contributed by atoms with Gasteiger partial charge < -0.3 is 18.9 Å². The van der Waals surface area contributed by atoms with Crippen molar-refractivity contribution in [3.05, 3.63) is 47.0 Å². The van der Waals surface area contributed by atoms with Crippen molar-refractivity contribution >= 4 is 47.4 Å². The Morgan fingerprint density at radius 3 is 1.34 bits per heavy atom. The van der Waals surface area contributed by atoms with E-state index in [2.05, 4.69) is 227 Å². The average Bonchev–Trinajstić information content (AvgIpc) is 0.671. The summed E-state index contributed by atoms with van der Waals surface area (Å²) in [6.45, 7) is 87.2. The van der Waals surface area contributed by atoms with Crippen LogP contribution in [0.15, 0.2) is 35.9 Å². The lowest BCUT2D eigenvalue weighted by Gasteiger charge is -2.72. The van der Waals surface area contributed by atoms with Crippen LogP contribution in [0.1, 0.15) is 321 Å². The molecule has 0 heterocycles. The maximum Gasteiger partial charge on any atom is 0.149 e. The zero-order chi connectivity index (χ0) is 86.9. The minimum absolute atomic E-state index is 0.00294. The first-order valence-electron chi connectivity index (χ1n) is 47.3. The lowest BCUT2D eigenvalue weighted by atomic mass is 9.33. The molecule has 4 fully saturated rings. The SMILES string of the molecule is CC(C)C[Si](C)(C)CCCC(CCC[Si](C)(C)CC(C)C)(CCC[Si](C)(C)CC(C)C)c1ccc(C(C)C)cc1.CC(C)OCC1(C)C(OC(C)C)C(OC(C)C)C[C@@]2(C)C1CC[C@]1(C)[C@@H]2CC=C2[C@H]3CC(C)(C)CC[C@]3(C(=O)C(C)C)CC[C@]21C.CC(C)OCCN(CCN(CC(=O)C(C)C)CC(=O)C(C)C)CC(=O)C(C)C. The van der Waals surface area contributed by atoms with Gasteiger partial charge in [-0.05, 0) is 212 Å². The van der Waals surface area contributed by atoms with Gasteiger partial charge in [-0.1, -0.05) is 283 Å². The number of ketones is 4. The van der Waals surface area contributed by atoms with Gasteiger partial charge >= 0.3 is 0 Å². The lowest BCUT2D eigenvalue weighted by Crippen LogP contribution is -2.69. The second-order valence-corrected chi connectivity index (χ2v) is 62.2. The smallest absolute Gasteiger partial charge is 0.149 e. The van der Waals surface area contributed by atoms with Crippen LogP contribution in [0.5, 0.6) is 0 Å². The Kier molecular flexibility index (Phi) is 40.7. The van der Waals surface area contributed by atoms with Crippen LogP contribution in [0.2, 0.25) is 75.5 Å². The van der Waals surface area contributed by atoms with Gasteiger partial charge in [-0.2, -0.15) is 0 Å². The molecule has 0 aliphatic heterocycles. The Hall–Kier alpha value is -1.95. The molecular formula is C101H188N2O8Si3. The summed E-state index contributed by atoms with van der Waals surface area (Å²) < 4.78 is 26.0. The second-order valence-electron chi connectivity index (χ2n) is 46.5. The predicted octanol–water partition coefficient (Wildman–Crippen LogP) is 26.8. The highest BCUT2D eigenvalue weighted by Crippen LogP contribution is 2.76. The molecule has 0 amide bonds. The van der Waals surface area contributed by atoms with Crippen LogP contribution >= 0.6 is 0 Å². The largest absolute Gasteiger partial charge is 0.378 e. The zero-order valence-corrected chi connectivity index (χ0v) is 84.9. The summed E-state index contributed by atoms with van der Waals surface area (Å²) in [5, 5.41) is 0. The van der Waals surface area contributed by atoms with Gasteiger partial charge in [-0.15, -0.1) is 0 Å². The highest BCUT2D eigenvalue weighted by atomic mass is 28.3. The van der Waals surface area contributed by atoms with Crippen molar-refractivity contribution in [3.8, 4) is 0 Å². The van der Waals surface area contributed by atoms with E-state index in [1.807, 2.05) is 60.3 Å². The number of benzene rings is 1. The molecule has 10 atom stereocenters. The van der Waals surface area contributed by atoms with Crippen LogP contribution in [0.25, 0.3) is 0 Å². The molecule has 4 saturated carbocycles. The number of ether oxygens (including phenoxy) is 4. The summed E-state index contributed by atoms with van der Waals surface area (Å²) in [4.78, 5) is 54.8.